The lowest BCUT2D eigenvalue weighted by atomic mass is 10.2. The minimum atomic E-state index is -0.183. The predicted octanol–water partition coefficient (Wildman–Crippen LogP) is 2.52. The zero-order valence-corrected chi connectivity index (χ0v) is 9.93. The maximum atomic E-state index is 13.2. The zero-order chi connectivity index (χ0) is 10.5. The number of nitrogens with one attached hydrogen (secondary N) is 1. The van der Waals surface area contributed by atoms with Crippen LogP contribution in [-0.2, 0) is 11.3 Å². The van der Waals surface area contributed by atoms with Crippen molar-refractivity contribution in [2.24, 2.45) is 0 Å². The van der Waals surface area contributed by atoms with Crippen LogP contribution in [0.2, 0.25) is 0 Å². The van der Waals surface area contributed by atoms with Crippen LogP contribution in [0.5, 0.6) is 0 Å². The molecule has 2 nitrogen and oxygen atoms in total. The third-order valence-electron chi connectivity index (χ3n) is 2.70. The molecule has 90 valence electrons. The molecular weight excluding hydrogens is 229 g/mol. The van der Waals surface area contributed by atoms with Crippen molar-refractivity contribution in [3.05, 3.63) is 35.6 Å². The van der Waals surface area contributed by atoms with Gasteiger partial charge in [-0.3, -0.25) is 0 Å². The first-order valence-electron chi connectivity index (χ1n) is 5.41. The number of halogens is 2. The molecule has 1 atom stereocenters. The van der Waals surface area contributed by atoms with Crippen LogP contribution in [0.1, 0.15) is 18.4 Å². The lowest BCUT2D eigenvalue weighted by molar-refractivity contribution is 0.101. The summed E-state index contributed by atoms with van der Waals surface area (Å²) in [5, 5.41) is 3.34. The van der Waals surface area contributed by atoms with Crippen LogP contribution in [0, 0.1) is 5.82 Å². The second-order valence-electron chi connectivity index (χ2n) is 3.90. The van der Waals surface area contributed by atoms with Crippen molar-refractivity contribution in [1.29, 1.82) is 0 Å². The topological polar surface area (TPSA) is 21.3 Å². The summed E-state index contributed by atoms with van der Waals surface area (Å²) in [5.41, 5.74) is 0.635. The van der Waals surface area contributed by atoms with Gasteiger partial charge < -0.3 is 10.1 Å². The molecule has 1 fully saturated rings. The monoisotopic (exact) mass is 245 g/mol. The number of ether oxygens (including phenoxy) is 1. The normalized spacial score (nSPS) is 19.4. The molecule has 1 aromatic carbocycles. The Bertz CT molecular complexity index is 316. The minimum Gasteiger partial charge on any atom is -0.375 e. The van der Waals surface area contributed by atoms with E-state index in [1.807, 2.05) is 6.07 Å². The van der Waals surface area contributed by atoms with Crippen LogP contribution >= 0.6 is 12.4 Å². The van der Waals surface area contributed by atoms with Crippen LogP contribution < -0.4 is 5.32 Å². The molecule has 0 bridgehead atoms. The van der Waals surface area contributed by atoms with Crippen LogP contribution in [-0.4, -0.2) is 19.2 Å². The van der Waals surface area contributed by atoms with Crippen molar-refractivity contribution >= 4 is 12.4 Å². The Labute approximate surface area is 102 Å². The number of hydrogen-bond acceptors (Lipinski definition) is 2. The van der Waals surface area contributed by atoms with Gasteiger partial charge in [0.15, 0.2) is 0 Å². The SMILES string of the molecule is Cl.Fc1ccccc1COCC1CCCN1. The summed E-state index contributed by atoms with van der Waals surface area (Å²) in [5.74, 6) is -0.183. The van der Waals surface area contributed by atoms with Gasteiger partial charge in [-0.05, 0) is 25.5 Å². The third-order valence-corrected chi connectivity index (χ3v) is 2.70. The highest BCUT2D eigenvalue weighted by Crippen LogP contribution is 2.10. The molecule has 2 rings (SSSR count). The summed E-state index contributed by atoms with van der Waals surface area (Å²) < 4.78 is 18.7. The van der Waals surface area contributed by atoms with Crippen molar-refractivity contribution in [3.63, 3.8) is 0 Å². The van der Waals surface area contributed by atoms with E-state index < -0.39 is 0 Å². The van der Waals surface area contributed by atoms with E-state index in [1.54, 1.807) is 12.1 Å². The molecule has 1 aliphatic heterocycles. The molecule has 0 amide bonds. The van der Waals surface area contributed by atoms with Crippen molar-refractivity contribution in [3.8, 4) is 0 Å². The molecule has 16 heavy (non-hydrogen) atoms. The highest BCUT2D eigenvalue weighted by Gasteiger charge is 2.13. The van der Waals surface area contributed by atoms with E-state index in [4.69, 9.17) is 4.74 Å². The maximum absolute atomic E-state index is 13.2. The molecule has 0 saturated carbocycles. The van der Waals surface area contributed by atoms with Gasteiger partial charge in [-0.2, -0.15) is 0 Å². The Morgan fingerprint density at radius 2 is 2.19 bits per heavy atom. The van der Waals surface area contributed by atoms with Gasteiger partial charge in [0.05, 0.1) is 13.2 Å². The maximum Gasteiger partial charge on any atom is 0.128 e. The first kappa shape index (κ1) is 13.4. The molecule has 0 aromatic heterocycles. The van der Waals surface area contributed by atoms with Gasteiger partial charge in [0.25, 0.3) is 0 Å². The minimum absolute atomic E-state index is 0. The first-order chi connectivity index (χ1) is 7.36. The van der Waals surface area contributed by atoms with Crippen LogP contribution in [0.25, 0.3) is 0 Å². The Balaban J connectivity index is 0.00000128. The van der Waals surface area contributed by atoms with Crippen molar-refractivity contribution in [2.75, 3.05) is 13.2 Å². The molecule has 1 saturated heterocycles. The molecule has 0 radical (unpaired) electrons. The van der Waals surface area contributed by atoms with Gasteiger partial charge in [-0.1, -0.05) is 18.2 Å². The van der Waals surface area contributed by atoms with Crippen LogP contribution in [0.4, 0.5) is 4.39 Å². The van der Waals surface area contributed by atoms with E-state index in [1.165, 1.54) is 12.5 Å². The fourth-order valence-corrected chi connectivity index (χ4v) is 1.83. The molecule has 0 aliphatic carbocycles. The van der Waals surface area contributed by atoms with E-state index in [0.717, 1.165) is 13.0 Å². The van der Waals surface area contributed by atoms with Crippen LogP contribution in [0.15, 0.2) is 24.3 Å². The quantitative estimate of drug-likeness (QED) is 0.880. The van der Waals surface area contributed by atoms with Gasteiger partial charge in [0, 0.05) is 11.6 Å². The lowest BCUT2D eigenvalue weighted by Gasteiger charge is -2.10. The second-order valence-corrected chi connectivity index (χ2v) is 3.90. The number of hydrogen-bond donors (Lipinski definition) is 1. The lowest BCUT2D eigenvalue weighted by Crippen LogP contribution is -2.26. The smallest absolute Gasteiger partial charge is 0.128 e. The predicted molar refractivity (Wildman–Crippen MR) is 64.3 cm³/mol. The van der Waals surface area contributed by atoms with E-state index in [9.17, 15) is 4.39 Å². The van der Waals surface area contributed by atoms with Crippen molar-refractivity contribution in [2.45, 2.75) is 25.5 Å². The van der Waals surface area contributed by atoms with E-state index in [2.05, 4.69) is 5.32 Å². The van der Waals surface area contributed by atoms with E-state index in [0.29, 0.717) is 24.8 Å². The van der Waals surface area contributed by atoms with Crippen molar-refractivity contribution < 1.29 is 9.13 Å². The zero-order valence-electron chi connectivity index (χ0n) is 9.12. The Morgan fingerprint density at radius 3 is 2.88 bits per heavy atom. The number of benzene rings is 1. The highest BCUT2D eigenvalue weighted by atomic mass is 35.5. The largest absolute Gasteiger partial charge is 0.375 e. The van der Waals surface area contributed by atoms with Crippen molar-refractivity contribution in [1.82, 2.24) is 5.32 Å². The molecule has 1 N–H and O–H groups in total. The summed E-state index contributed by atoms with van der Waals surface area (Å²) >= 11 is 0. The Morgan fingerprint density at radius 1 is 1.38 bits per heavy atom. The molecule has 0 spiro atoms. The standard InChI is InChI=1S/C12H16FNO.ClH/c13-12-6-2-1-4-10(12)8-15-9-11-5-3-7-14-11;/h1-2,4,6,11,14H,3,5,7-9H2;1H. The molecule has 1 aromatic rings. The fourth-order valence-electron chi connectivity index (χ4n) is 1.83. The third kappa shape index (κ3) is 3.74. The van der Waals surface area contributed by atoms with Gasteiger partial charge in [-0.25, -0.2) is 4.39 Å². The average molecular weight is 246 g/mol. The molecule has 1 unspecified atom stereocenters. The van der Waals surface area contributed by atoms with Gasteiger partial charge >= 0.3 is 0 Å². The highest BCUT2D eigenvalue weighted by molar-refractivity contribution is 5.85. The van der Waals surface area contributed by atoms with Gasteiger partial charge in [0.1, 0.15) is 5.82 Å². The summed E-state index contributed by atoms with van der Waals surface area (Å²) in [4.78, 5) is 0. The summed E-state index contributed by atoms with van der Waals surface area (Å²) in [7, 11) is 0. The average Bonchev–Trinajstić information content (AvgIpc) is 2.74. The summed E-state index contributed by atoms with van der Waals surface area (Å²) in [6, 6.07) is 7.20. The second kappa shape index (κ2) is 6.84. The summed E-state index contributed by atoms with van der Waals surface area (Å²) in [6.45, 7) is 2.12. The van der Waals surface area contributed by atoms with Crippen LogP contribution in [0.3, 0.4) is 0 Å². The summed E-state index contributed by atoms with van der Waals surface area (Å²) in [6.07, 6.45) is 2.38. The molecule has 1 aliphatic rings. The molecule has 4 heteroatoms. The van der Waals surface area contributed by atoms with E-state index in [-0.39, 0.29) is 18.2 Å². The van der Waals surface area contributed by atoms with Gasteiger partial charge in [0.2, 0.25) is 0 Å². The van der Waals surface area contributed by atoms with Gasteiger partial charge in [-0.15, -0.1) is 12.4 Å². The molecule has 1 heterocycles. The number of rotatable bonds is 4. The Kier molecular flexibility index (Phi) is 5.74. The fraction of sp³-hybridized carbons (Fsp3) is 0.500. The molecular formula is C12H17ClFNO. The first-order valence-corrected chi connectivity index (χ1v) is 5.41. The van der Waals surface area contributed by atoms with E-state index >= 15 is 0 Å². The Hall–Kier alpha value is -0.640.